The van der Waals surface area contributed by atoms with Crippen LogP contribution in [-0.2, 0) is 0 Å². The lowest BCUT2D eigenvalue weighted by atomic mass is 10.2. The highest BCUT2D eigenvalue weighted by Crippen LogP contribution is 2.35. The summed E-state index contributed by atoms with van der Waals surface area (Å²) in [6.07, 6.45) is 1.71. The Balaban J connectivity index is 1.46. The van der Waals surface area contributed by atoms with Gasteiger partial charge < -0.3 is 14.0 Å². The van der Waals surface area contributed by atoms with Crippen molar-refractivity contribution in [1.82, 2.24) is 25.1 Å². The van der Waals surface area contributed by atoms with Crippen LogP contribution in [0.5, 0.6) is 11.5 Å². The molecule has 0 saturated heterocycles. The van der Waals surface area contributed by atoms with Crippen LogP contribution in [0.2, 0.25) is 5.02 Å². The first kappa shape index (κ1) is 14.9. The average molecular weight is 368 g/mol. The zero-order valence-electron chi connectivity index (χ0n) is 13.2. The molecule has 0 unspecified atom stereocenters. The summed E-state index contributed by atoms with van der Waals surface area (Å²) < 4.78 is 17.6. The smallest absolute Gasteiger partial charge is 0.258 e. The maximum absolute atomic E-state index is 6.01. The molecule has 0 saturated carbocycles. The number of aromatic nitrogens is 5. The van der Waals surface area contributed by atoms with Crippen molar-refractivity contribution in [3.05, 3.63) is 53.7 Å². The molecular formula is C17H10ClN5O3. The maximum Gasteiger partial charge on any atom is 0.258 e. The van der Waals surface area contributed by atoms with E-state index in [0.29, 0.717) is 33.9 Å². The first-order valence-corrected chi connectivity index (χ1v) is 8.06. The Kier molecular flexibility index (Phi) is 3.36. The zero-order chi connectivity index (χ0) is 17.5. The topological polar surface area (TPSA) is 88.1 Å². The van der Waals surface area contributed by atoms with Crippen LogP contribution in [0.25, 0.3) is 28.7 Å². The molecule has 0 N–H and O–H groups in total. The fraction of sp³-hybridized carbons (Fsp3) is 0.0588. The number of fused-ring (bicyclic) bond motifs is 1. The van der Waals surface area contributed by atoms with Gasteiger partial charge in [0.05, 0.1) is 11.9 Å². The predicted octanol–water partition coefficient (Wildman–Crippen LogP) is 3.37. The van der Waals surface area contributed by atoms with Gasteiger partial charge in [-0.2, -0.15) is 4.98 Å². The highest BCUT2D eigenvalue weighted by Gasteiger charge is 2.18. The minimum atomic E-state index is 0.209. The lowest BCUT2D eigenvalue weighted by Gasteiger charge is -1.98. The first-order valence-electron chi connectivity index (χ1n) is 7.69. The molecule has 8 nitrogen and oxygen atoms in total. The molecular weight excluding hydrogens is 358 g/mol. The summed E-state index contributed by atoms with van der Waals surface area (Å²) >= 11 is 6.01. The minimum absolute atomic E-state index is 0.209. The second-order valence-corrected chi connectivity index (χ2v) is 5.96. The number of hydrogen-bond donors (Lipinski definition) is 0. The highest BCUT2D eigenvalue weighted by molar-refractivity contribution is 6.30. The van der Waals surface area contributed by atoms with Crippen molar-refractivity contribution < 1.29 is 14.0 Å². The van der Waals surface area contributed by atoms with Crippen molar-refractivity contribution in [1.29, 1.82) is 0 Å². The summed E-state index contributed by atoms with van der Waals surface area (Å²) in [5.41, 5.74) is 2.01. The number of nitrogens with zero attached hydrogens (tertiary/aromatic N) is 5. The van der Waals surface area contributed by atoms with E-state index in [2.05, 4.69) is 20.5 Å². The van der Waals surface area contributed by atoms with Crippen molar-refractivity contribution in [2.75, 3.05) is 6.79 Å². The lowest BCUT2D eigenvalue weighted by molar-refractivity contribution is 0.174. The van der Waals surface area contributed by atoms with Crippen LogP contribution in [-0.4, -0.2) is 31.9 Å². The van der Waals surface area contributed by atoms with Crippen LogP contribution >= 0.6 is 11.6 Å². The van der Waals surface area contributed by atoms with E-state index in [1.54, 1.807) is 35.1 Å². The summed E-state index contributed by atoms with van der Waals surface area (Å²) in [5, 5.41) is 12.8. The molecule has 0 radical (unpaired) electrons. The van der Waals surface area contributed by atoms with Crippen molar-refractivity contribution in [2.45, 2.75) is 0 Å². The van der Waals surface area contributed by atoms with Crippen LogP contribution in [0.4, 0.5) is 0 Å². The molecule has 0 spiro atoms. The number of hydrogen-bond acceptors (Lipinski definition) is 7. The average Bonchev–Trinajstić information content (AvgIpc) is 3.39. The molecule has 2 aromatic carbocycles. The van der Waals surface area contributed by atoms with E-state index in [4.69, 9.17) is 25.6 Å². The molecule has 128 valence electrons. The molecule has 5 rings (SSSR count). The normalized spacial score (nSPS) is 12.5. The second-order valence-electron chi connectivity index (χ2n) is 5.52. The molecule has 0 fully saturated rings. The van der Waals surface area contributed by atoms with Gasteiger partial charge in [0, 0.05) is 10.6 Å². The van der Waals surface area contributed by atoms with Gasteiger partial charge in [-0.25, -0.2) is 4.68 Å². The molecule has 3 heterocycles. The van der Waals surface area contributed by atoms with Gasteiger partial charge >= 0.3 is 0 Å². The van der Waals surface area contributed by atoms with Gasteiger partial charge in [-0.1, -0.05) is 28.0 Å². The van der Waals surface area contributed by atoms with Gasteiger partial charge in [0.25, 0.3) is 5.89 Å². The van der Waals surface area contributed by atoms with E-state index >= 15 is 0 Å². The Morgan fingerprint density at radius 2 is 1.96 bits per heavy atom. The Labute approximate surface area is 151 Å². The quantitative estimate of drug-likeness (QED) is 0.548. The van der Waals surface area contributed by atoms with Crippen LogP contribution in [0.1, 0.15) is 0 Å². The van der Waals surface area contributed by atoms with Crippen molar-refractivity contribution >= 4 is 11.6 Å². The van der Waals surface area contributed by atoms with Crippen LogP contribution in [0.15, 0.2) is 53.2 Å². The standard InChI is InChI=1S/C17H10ClN5O3/c18-11-2-1-3-12(7-11)23-8-13(20-22-23)16-19-17(26-21-16)10-4-5-14-15(6-10)25-9-24-14/h1-8H,9H2. The van der Waals surface area contributed by atoms with Gasteiger partial charge in [0.2, 0.25) is 12.6 Å². The van der Waals surface area contributed by atoms with E-state index in [9.17, 15) is 0 Å². The van der Waals surface area contributed by atoms with E-state index in [-0.39, 0.29) is 6.79 Å². The summed E-state index contributed by atoms with van der Waals surface area (Å²) in [6.45, 7) is 0.209. The van der Waals surface area contributed by atoms with Gasteiger partial charge in [0.1, 0.15) is 0 Å². The number of rotatable bonds is 3. The van der Waals surface area contributed by atoms with E-state index < -0.39 is 0 Å². The lowest BCUT2D eigenvalue weighted by Crippen LogP contribution is -1.93. The largest absolute Gasteiger partial charge is 0.454 e. The predicted molar refractivity (Wildman–Crippen MR) is 91.2 cm³/mol. The monoisotopic (exact) mass is 367 g/mol. The Morgan fingerprint density at radius 1 is 1.04 bits per heavy atom. The molecule has 2 aromatic heterocycles. The summed E-state index contributed by atoms with van der Waals surface area (Å²) in [5.74, 6) is 2.04. The van der Waals surface area contributed by atoms with Crippen molar-refractivity contribution in [3.63, 3.8) is 0 Å². The van der Waals surface area contributed by atoms with Crippen molar-refractivity contribution in [3.8, 4) is 40.2 Å². The molecule has 26 heavy (non-hydrogen) atoms. The molecule has 0 amide bonds. The van der Waals surface area contributed by atoms with Gasteiger partial charge in [-0.05, 0) is 36.4 Å². The molecule has 0 bridgehead atoms. The van der Waals surface area contributed by atoms with Gasteiger partial charge in [-0.15, -0.1) is 5.10 Å². The Bertz CT molecular complexity index is 1110. The molecule has 1 aliphatic heterocycles. The molecule has 9 heteroatoms. The van der Waals surface area contributed by atoms with E-state index in [1.165, 1.54) is 0 Å². The SMILES string of the molecule is Clc1cccc(-n2cc(-c3noc(-c4ccc5c(c4)OCO5)n3)nn2)c1. The van der Waals surface area contributed by atoms with Crippen LogP contribution in [0, 0.1) is 0 Å². The fourth-order valence-electron chi connectivity index (χ4n) is 2.59. The summed E-state index contributed by atoms with van der Waals surface area (Å²) in [6, 6.07) is 12.7. The molecule has 1 aliphatic rings. The number of benzene rings is 2. The van der Waals surface area contributed by atoms with E-state index in [0.717, 1.165) is 11.3 Å². The third-order valence-corrected chi connectivity index (χ3v) is 4.08. The minimum Gasteiger partial charge on any atom is -0.454 e. The third-order valence-electron chi connectivity index (χ3n) is 3.84. The third kappa shape index (κ3) is 2.56. The number of halogens is 1. The molecule has 0 aliphatic carbocycles. The molecule has 4 aromatic rings. The van der Waals surface area contributed by atoms with Crippen LogP contribution < -0.4 is 9.47 Å². The highest BCUT2D eigenvalue weighted by atomic mass is 35.5. The first-order chi connectivity index (χ1) is 12.8. The van der Waals surface area contributed by atoms with Gasteiger partial charge in [0.15, 0.2) is 17.2 Å². The maximum atomic E-state index is 6.01. The van der Waals surface area contributed by atoms with Crippen molar-refractivity contribution in [2.24, 2.45) is 0 Å². The fourth-order valence-corrected chi connectivity index (χ4v) is 2.77. The molecule has 0 atom stereocenters. The Hall–Kier alpha value is -3.39. The summed E-state index contributed by atoms with van der Waals surface area (Å²) in [7, 11) is 0. The zero-order valence-corrected chi connectivity index (χ0v) is 13.9. The summed E-state index contributed by atoms with van der Waals surface area (Å²) in [4.78, 5) is 4.38. The Morgan fingerprint density at radius 3 is 2.88 bits per heavy atom. The van der Waals surface area contributed by atoms with E-state index in [1.807, 2.05) is 18.2 Å². The van der Waals surface area contributed by atoms with Gasteiger partial charge in [-0.3, -0.25) is 0 Å². The van der Waals surface area contributed by atoms with Crippen LogP contribution in [0.3, 0.4) is 0 Å². The second kappa shape index (κ2) is 5.85. The number of ether oxygens (including phenoxy) is 2.